The normalized spacial score (nSPS) is 18.2. The summed E-state index contributed by atoms with van der Waals surface area (Å²) in [6, 6.07) is 9.08. The smallest absolute Gasteiger partial charge is 0.247 e. The number of carbonyl (C=O) groups excluding carboxylic acids is 4. The van der Waals surface area contributed by atoms with Crippen molar-refractivity contribution in [2.75, 3.05) is 13.1 Å². The van der Waals surface area contributed by atoms with Crippen molar-refractivity contribution in [3.05, 3.63) is 71.3 Å². The molecule has 1 aromatic rings. The SMILES string of the molecule is CC(CC(N)CNC(=O)/C1=C/CC=C/C(C=O)=C\C1)C(=O)NCC(=O)NCc1ccccc1. The van der Waals surface area contributed by atoms with Crippen LogP contribution in [0.2, 0.25) is 0 Å². The highest BCUT2D eigenvalue weighted by Gasteiger charge is 2.18. The second kappa shape index (κ2) is 13.8. The van der Waals surface area contributed by atoms with E-state index in [2.05, 4.69) is 16.0 Å². The molecule has 3 amide bonds. The monoisotopic (exact) mass is 452 g/mol. The van der Waals surface area contributed by atoms with E-state index >= 15 is 0 Å². The fraction of sp³-hybridized carbons (Fsp3) is 0.360. The van der Waals surface area contributed by atoms with Gasteiger partial charge < -0.3 is 21.7 Å². The van der Waals surface area contributed by atoms with E-state index in [4.69, 9.17) is 5.73 Å². The Hall–Kier alpha value is -3.52. The highest BCUT2D eigenvalue weighted by atomic mass is 16.2. The number of allylic oxidation sites excluding steroid dienone is 5. The largest absolute Gasteiger partial charge is 0.351 e. The van der Waals surface area contributed by atoms with Crippen molar-refractivity contribution in [3.8, 4) is 0 Å². The summed E-state index contributed by atoms with van der Waals surface area (Å²) in [5, 5.41) is 8.16. The van der Waals surface area contributed by atoms with E-state index in [9.17, 15) is 19.2 Å². The van der Waals surface area contributed by atoms with E-state index in [-0.39, 0.29) is 30.8 Å². The Morgan fingerprint density at radius 1 is 1.09 bits per heavy atom. The Bertz CT molecular complexity index is 922. The van der Waals surface area contributed by atoms with Gasteiger partial charge in [-0.25, -0.2) is 0 Å². The van der Waals surface area contributed by atoms with Crippen LogP contribution in [0.3, 0.4) is 0 Å². The molecule has 1 aliphatic rings. The predicted octanol–water partition coefficient (Wildman–Crippen LogP) is 1.29. The molecule has 0 saturated heterocycles. The van der Waals surface area contributed by atoms with Crippen LogP contribution in [0.1, 0.15) is 31.7 Å². The number of nitrogens with one attached hydrogen (secondary N) is 3. The van der Waals surface area contributed by atoms with Gasteiger partial charge in [-0.1, -0.05) is 61.6 Å². The Balaban J connectivity index is 1.68. The van der Waals surface area contributed by atoms with Crippen molar-refractivity contribution >= 4 is 24.0 Å². The molecule has 0 saturated carbocycles. The standard InChI is InChI=1S/C25H32N4O4/c1-18(24(32)29-16-23(31)27-14-19-7-3-2-4-8-19)13-22(26)15-28-25(33)21-10-6-5-9-20(17-30)11-12-21/h2-5,7-11,17-18,22H,6,12-16,26H2,1H3,(H,27,31)(H,28,33)(H,29,32)/b9-5?,20-11+,21-10+. The second-order valence-electron chi connectivity index (χ2n) is 7.98. The molecular formula is C25H32N4O4. The van der Waals surface area contributed by atoms with Crippen LogP contribution < -0.4 is 21.7 Å². The first-order valence-electron chi connectivity index (χ1n) is 11.0. The molecule has 2 rings (SSSR count). The third kappa shape index (κ3) is 9.65. The average Bonchev–Trinajstić information content (AvgIpc) is 2.80. The lowest BCUT2D eigenvalue weighted by molar-refractivity contribution is -0.128. The van der Waals surface area contributed by atoms with Crippen molar-refractivity contribution in [2.45, 2.75) is 38.8 Å². The Kier molecular flexibility index (Phi) is 10.8. The molecule has 5 N–H and O–H groups in total. The Morgan fingerprint density at radius 3 is 2.58 bits per heavy atom. The van der Waals surface area contributed by atoms with Gasteiger partial charge in [0.2, 0.25) is 17.7 Å². The molecule has 8 heteroatoms. The minimum Gasteiger partial charge on any atom is -0.351 e. The molecule has 8 nitrogen and oxygen atoms in total. The lowest BCUT2D eigenvalue weighted by Gasteiger charge is -2.18. The van der Waals surface area contributed by atoms with Gasteiger partial charge in [-0.05, 0) is 24.8 Å². The number of nitrogens with two attached hydrogens (primary N) is 1. The Labute approximate surface area is 194 Å². The molecule has 0 radical (unpaired) electrons. The van der Waals surface area contributed by atoms with Crippen LogP contribution in [0, 0.1) is 5.92 Å². The van der Waals surface area contributed by atoms with Crippen LogP contribution in [0.15, 0.2) is 65.8 Å². The van der Waals surface area contributed by atoms with Gasteiger partial charge in [0.25, 0.3) is 0 Å². The van der Waals surface area contributed by atoms with Gasteiger partial charge in [-0.2, -0.15) is 0 Å². The first-order chi connectivity index (χ1) is 15.9. The molecule has 176 valence electrons. The summed E-state index contributed by atoms with van der Waals surface area (Å²) in [4.78, 5) is 47.6. The zero-order valence-electron chi connectivity index (χ0n) is 18.9. The van der Waals surface area contributed by atoms with Crippen LogP contribution in [-0.4, -0.2) is 43.1 Å². The van der Waals surface area contributed by atoms with Gasteiger partial charge in [0, 0.05) is 36.2 Å². The fourth-order valence-corrected chi connectivity index (χ4v) is 3.25. The van der Waals surface area contributed by atoms with E-state index < -0.39 is 12.0 Å². The highest BCUT2D eigenvalue weighted by Crippen LogP contribution is 2.12. The molecule has 0 heterocycles. The first kappa shape index (κ1) is 25.7. The summed E-state index contributed by atoms with van der Waals surface area (Å²) in [6.45, 7) is 2.23. The van der Waals surface area contributed by atoms with Crippen LogP contribution in [0.25, 0.3) is 0 Å². The van der Waals surface area contributed by atoms with Gasteiger partial charge in [0.15, 0.2) is 0 Å². The maximum Gasteiger partial charge on any atom is 0.247 e. The second-order valence-corrected chi connectivity index (χ2v) is 7.98. The van der Waals surface area contributed by atoms with Crippen LogP contribution in [0.4, 0.5) is 0 Å². The number of aldehydes is 1. The lowest BCUT2D eigenvalue weighted by atomic mass is 10.0. The molecule has 0 bridgehead atoms. The fourth-order valence-electron chi connectivity index (χ4n) is 3.25. The number of carbonyl (C=O) groups is 4. The van der Waals surface area contributed by atoms with Crippen LogP contribution in [0.5, 0.6) is 0 Å². The third-order valence-electron chi connectivity index (χ3n) is 5.18. The molecule has 1 aliphatic carbocycles. The molecule has 33 heavy (non-hydrogen) atoms. The summed E-state index contributed by atoms with van der Waals surface area (Å²) >= 11 is 0. The summed E-state index contributed by atoms with van der Waals surface area (Å²) in [5.74, 6) is -1.20. The van der Waals surface area contributed by atoms with Crippen molar-refractivity contribution in [1.82, 2.24) is 16.0 Å². The van der Waals surface area contributed by atoms with E-state index in [0.717, 1.165) is 11.8 Å². The van der Waals surface area contributed by atoms with Gasteiger partial charge in [-0.15, -0.1) is 0 Å². The lowest BCUT2D eigenvalue weighted by Crippen LogP contribution is -2.43. The highest BCUT2D eigenvalue weighted by molar-refractivity contribution is 5.94. The minimum atomic E-state index is -0.420. The zero-order valence-corrected chi connectivity index (χ0v) is 18.9. The van der Waals surface area contributed by atoms with Crippen molar-refractivity contribution < 1.29 is 19.2 Å². The van der Waals surface area contributed by atoms with Gasteiger partial charge in [-0.3, -0.25) is 19.2 Å². The molecule has 0 aromatic heterocycles. The molecule has 1 aromatic carbocycles. The van der Waals surface area contributed by atoms with E-state index in [0.29, 0.717) is 37.0 Å². The topological polar surface area (TPSA) is 130 Å². The molecule has 0 spiro atoms. The molecule has 0 aliphatic heterocycles. The predicted molar refractivity (Wildman–Crippen MR) is 127 cm³/mol. The maximum absolute atomic E-state index is 12.4. The van der Waals surface area contributed by atoms with Crippen molar-refractivity contribution in [3.63, 3.8) is 0 Å². The summed E-state index contributed by atoms with van der Waals surface area (Å²) in [5.41, 5.74) is 8.18. The summed E-state index contributed by atoms with van der Waals surface area (Å²) in [6.07, 6.45) is 9.11. The van der Waals surface area contributed by atoms with Gasteiger partial charge in [0.1, 0.15) is 6.29 Å². The Morgan fingerprint density at radius 2 is 1.85 bits per heavy atom. The van der Waals surface area contributed by atoms with E-state index in [1.165, 1.54) is 0 Å². The first-order valence-corrected chi connectivity index (χ1v) is 11.0. The molecular weight excluding hydrogens is 420 g/mol. The quantitative estimate of drug-likeness (QED) is 0.376. The number of amides is 3. The minimum absolute atomic E-state index is 0.110. The molecule has 2 atom stereocenters. The van der Waals surface area contributed by atoms with Crippen LogP contribution >= 0.6 is 0 Å². The average molecular weight is 453 g/mol. The summed E-state index contributed by atoms with van der Waals surface area (Å²) in [7, 11) is 0. The number of rotatable bonds is 11. The van der Waals surface area contributed by atoms with E-state index in [1.54, 1.807) is 19.1 Å². The number of hydrogen-bond acceptors (Lipinski definition) is 5. The molecule has 2 unspecified atom stereocenters. The van der Waals surface area contributed by atoms with Gasteiger partial charge in [0.05, 0.1) is 6.54 Å². The van der Waals surface area contributed by atoms with Crippen LogP contribution in [-0.2, 0) is 25.7 Å². The molecule has 0 fully saturated rings. The maximum atomic E-state index is 12.4. The number of benzene rings is 1. The van der Waals surface area contributed by atoms with Gasteiger partial charge >= 0.3 is 0 Å². The van der Waals surface area contributed by atoms with Crippen molar-refractivity contribution in [1.29, 1.82) is 0 Å². The van der Waals surface area contributed by atoms with Crippen molar-refractivity contribution in [2.24, 2.45) is 11.7 Å². The number of hydrogen-bond donors (Lipinski definition) is 4. The third-order valence-corrected chi connectivity index (χ3v) is 5.18. The summed E-state index contributed by atoms with van der Waals surface area (Å²) < 4.78 is 0. The zero-order chi connectivity index (χ0) is 24.1. The van der Waals surface area contributed by atoms with E-state index in [1.807, 2.05) is 42.5 Å².